The molecule has 0 aromatic rings. The Hall–Kier alpha value is -1.90. The fourth-order valence-electron chi connectivity index (χ4n) is 2.33. The standard InChI is InChI=1S/C15H24N4O2/c1-5-6-7-12-18-15(4,10-17-13(20)8-9-16)14(21)19(12)11(2)3/h11H,5-8,10H2,1-4H3,(H,17,20). The molecule has 0 radical (unpaired) electrons. The molecule has 1 N–H and O–H groups in total. The molecule has 1 unspecified atom stereocenters. The molecule has 0 aliphatic carbocycles. The van der Waals surface area contributed by atoms with Gasteiger partial charge in [0, 0.05) is 12.5 Å². The zero-order valence-electron chi connectivity index (χ0n) is 13.3. The van der Waals surface area contributed by atoms with Crippen LogP contribution in [-0.4, -0.2) is 40.7 Å². The van der Waals surface area contributed by atoms with Gasteiger partial charge in [0.1, 0.15) is 12.3 Å². The minimum Gasteiger partial charge on any atom is -0.352 e. The van der Waals surface area contributed by atoms with Gasteiger partial charge < -0.3 is 5.32 Å². The first-order chi connectivity index (χ1) is 9.85. The van der Waals surface area contributed by atoms with Crippen molar-refractivity contribution in [2.75, 3.05) is 6.54 Å². The van der Waals surface area contributed by atoms with E-state index in [1.165, 1.54) is 0 Å². The third-order valence-electron chi connectivity index (χ3n) is 3.47. The van der Waals surface area contributed by atoms with Crippen molar-refractivity contribution in [3.63, 3.8) is 0 Å². The number of nitrogens with one attached hydrogen (secondary N) is 1. The third kappa shape index (κ3) is 4.03. The van der Waals surface area contributed by atoms with Gasteiger partial charge in [-0.1, -0.05) is 13.3 Å². The summed E-state index contributed by atoms with van der Waals surface area (Å²) in [6, 6.07) is 1.83. The summed E-state index contributed by atoms with van der Waals surface area (Å²) in [4.78, 5) is 30.3. The molecule has 6 nitrogen and oxygen atoms in total. The maximum absolute atomic E-state index is 12.6. The number of aliphatic imine (C=N–C) groups is 1. The van der Waals surface area contributed by atoms with Crippen LogP contribution >= 0.6 is 0 Å². The first kappa shape index (κ1) is 17.2. The lowest BCUT2D eigenvalue weighted by Gasteiger charge is -2.26. The molecule has 116 valence electrons. The van der Waals surface area contributed by atoms with Gasteiger partial charge >= 0.3 is 0 Å². The lowest BCUT2D eigenvalue weighted by atomic mass is 10.0. The molecular formula is C15H24N4O2. The van der Waals surface area contributed by atoms with Gasteiger partial charge in [-0.05, 0) is 27.2 Å². The van der Waals surface area contributed by atoms with E-state index in [1.807, 2.05) is 13.8 Å². The van der Waals surface area contributed by atoms with Crippen LogP contribution in [0.15, 0.2) is 4.99 Å². The van der Waals surface area contributed by atoms with E-state index >= 15 is 0 Å². The number of carbonyl (C=O) groups is 2. The van der Waals surface area contributed by atoms with Gasteiger partial charge in [-0.3, -0.25) is 19.5 Å². The summed E-state index contributed by atoms with van der Waals surface area (Å²) in [6.07, 6.45) is 2.58. The fraction of sp³-hybridized carbons (Fsp3) is 0.733. The molecule has 1 aliphatic heterocycles. The molecule has 21 heavy (non-hydrogen) atoms. The fourth-order valence-corrected chi connectivity index (χ4v) is 2.33. The second-order valence-electron chi connectivity index (χ2n) is 5.79. The number of amidine groups is 1. The normalized spacial score (nSPS) is 21.4. The molecule has 1 aliphatic rings. The molecule has 6 heteroatoms. The van der Waals surface area contributed by atoms with Gasteiger partial charge in [-0.25, -0.2) is 0 Å². The Morgan fingerprint density at radius 2 is 2.19 bits per heavy atom. The van der Waals surface area contributed by atoms with E-state index in [9.17, 15) is 9.59 Å². The Balaban J connectivity index is 2.85. The van der Waals surface area contributed by atoms with Crippen LogP contribution in [0.3, 0.4) is 0 Å². The van der Waals surface area contributed by atoms with Crippen molar-refractivity contribution in [3.8, 4) is 6.07 Å². The SMILES string of the molecule is CCCCC1=NC(C)(CNC(=O)CC#N)C(=O)N1C(C)C. The number of unbranched alkanes of at least 4 members (excludes halogenated alkanes) is 1. The van der Waals surface area contributed by atoms with Crippen molar-refractivity contribution in [2.45, 2.75) is 65.0 Å². The van der Waals surface area contributed by atoms with Gasteiger partial charge in [-0.2, -0.15) is 5.26 Å². The molecule has 0 saturated heterocycles. The molecule has 1 atom stereocenters. The molecule has 1 heterocycles. The second-order valence-corrected chi connectivity index (χ2v) is 5.79. The largest absolute Gasteiger partial charge is 0.352 e. The van der Waals surface area contributed by atoms with E-state index in [0.29, 0.717) is 0 Å². The van der Waals surface area contributed by atoms with Gasteiger partial charge in [0.05, 0.1) is 12.6 Å². The number of hydrogen-bond donors (Lipinski definition) is 1. The predicted octanol–water partition coefficient (Wildman–Crippen LogP) is 1.61. The summed E-state index contributed by atoms with van der Waals surface area (Å²) in [5.41, 5.74) is -0.960. The smallest absolute Gasteiger partial charge is 0.257 e. The average Bonchev–Trinajstić information content (AvgIpc) is 2.67. The maximum Gasteiger partial charge on any atom is 0.257 e. The van der Waals surface area contributed by atoms with Gasteiger partial charge in [0.2, 0.25) is 5.91 Å². The second kappa shape index (κ2) is 7.21. The number of hydrogen-bond acceptors (Lipinski definition) is 4. The van der Waals surface area contributed by atoms with Crippen LogP contribution in [-0.2, 0) is 9.59 Å². The van der Waals surface area contributed by atoms with Gasteiger partial charge in [0.25, 0.3) is 5.91 Å². The quantitative estimate of drug-likeness (QED) is 0.773. The van der Waals surface area contributed by atoms with Crippen LogP contribution in [0.5, 0.6) is 0 Å². The van der Waals surface area contributed by atoms with Crippen LogP contribution in [0, 0.1) is 11.3 Å². The Kier molecular flexibility index (Phi) is 5.89. The molecule has 0 spiro atoms. The van der Waals surface area contributed by atoms with E-state index in [-0.39, 0.29) is 30.8 Å². The van der Waals surface area contributed by atoms with Crippen LogP contribution in [0.1, 0.15) is 53.4 Å². The summed E-state index contributed by atoms with van der Waals surface area (Å²) in [5.74, 6) is 0.342. The number of rotatable bonds is 7. The summed E-state index contributed by atoms with van der Waals surface area (Å²) in [7, 11) is 0. The molecular weight excluding hydrogens is 268 g/mol. The summed E-state index contributed by atoms with van der Waals surface area (Å²) in [6.45, 7) is 7.87. The third-order valence-corrected chi connectivity index (χ3v) is 3.47. The van der Waals surface area contributed by atoms with Crippen LogP contribution in [0.25, 0.3) is 0 Å². The Morgan fingerprint density at radius 3 is 2.71 bits per heavy atom. The minimum absolute atomic E-state index is 0.0461. The van der Waals surface area contributed by atoms with E-state index < -0.39 is 5.54 Å². The Labute approximate surface area is 126 Å². The van der Waals surface area contributed by atoms with Gasteiger partial charge in [-0.15, -0.1) is 0 Å². The molecule has 0 bridgehead atoms. The van der Waals surface area contributed by atoms with E-state index in [4.69, 9.17) is 5.26 Å². The summed E-state index contributed by atoms with van der Waals surface area (Å²) < 4.78 is 0. The Morgan fingerprint density at radius 1 is 1.52 bits per heavy atom. The maximum atomic E-state index is 12.6. The summed E-state index contributed by atoms with van der Waals surface area (Å²) >= 11 is 0. The van der Waals surface area contributed by atoms with E-state index in [0.717, 1.165) is 25.1 Å². The molecule has 1 rings (SSSR count). The highest BCUT2D eigenvalue weighted by molar-refractivity contribution is 6.08. The molecule has 2 amide bonds. The first-order valence-electron chi connectivity index (χ1n) is 7.41. The number of nitriles is 1. The topological polar surface area (TPSA) is 85.6 Å². The molecule has 0 aromatic heterocycles. The van der Waals surface area contributed by atoms with Crippen LogP contribution in [0.2, 0.25) is 0 Å². The van der Waals surface area contributed by atoms with Crippen molar-refractivity contribution in [1.29, 1.82) is 5.26 Å². The first-order valence-corrected chi connectivity index (χ1v) is 7.41. The molecule has 0 aromatic carbocycles. The van der Waals surface area contributed by atoms with Crippen molar-refractivity contribution < 1.29 is 9.59 Å². The van der Waals surface area contributed by atoms with Crippen LogP contribution < -0.4 is 5.32 Å². The number of carbonyl (C=O) groups excluding carboxylic acids is 2. The average molecular weight is 292 g/mol. The lowest BCUT2D eigenvalue weighted by molar-refractivity contribution is -0.132. The van der Waals surface area contributed by atoms with Crippen molar-refractivity contribution >= 4 is 17.6 Å². The van der Waals surface area contributed by atoms with E-state index in [1.54, 1.807) is 17.9 Å². The highest BCUT2D eigenvalue weighted by Gasteiger charge is 2.45. The van der Waals surface area contributed by atoms with Crippen molar-refractivity contribution in [1.82, 2.24) is 10.2 Å². The lowest BCUT2D eigenvalue weighted by Crippen LogP contribution is -2.49. The predicted molar refractivity (Wildman–Crippen MR) is 80.6 cm³/mol. The number of nitrogens with zero attached hydrogens (tertiary/aromatic N) is 3. The number of amides is 2. The highest BCUT2D eigenvalue weighted by atomic mass is 16.2. The van der Waals surface area contributed by atoms with E-state index in [2.05, 4.69) is 17.2 Å². The van der Waals surface area contributed by atoms with Crippen molar-refractivity contribution in [2.24, 2.45) is 4.99 Å². The minimum atomic E-state index is -0.960. The van der Waals surface area contributed by atoms with Crippen LogP contribution in [0.4, 0.5) is 0 Å². The summed E-state index contributed by atoms with van der Waals surface area (Å²) in [5, 5.41) is 11.1. The monoisotopic (exact) mass is 292 g/mol. The zero-order chi connectivity index (χ0) is 16.0. The Bertz CT molecular complexity index is 479. The van der Waals surface area contributed by atoms with Gasteiger partial charge in [0.15, 0.2) is 5.54 Å². The zero-order valence-corrected chi connectivity index (χ0v) is 13.3. The van der Waals surface area contributed by atoms with Crippen molar-refractivity contribution in [3.05, 3.63) is 0 Å². The molecule has 0 saturated carbocycles. The highest BCUT2D eigenvalue weighted by Crippen LogP contribution is 2.26. The molecule has 0 fully saturated rings.